The molecular weight excluding hydrogens is 114 g/mol. The molecule has 9 heavy (non-hydrogen) atoms. The Bertz CT molecular complexity index is 38.2. The third-order valence-electron chi connectivity index (χ3n) is 1.08. The van der Waals surface area contributed by atoms with Crippen molar-refractivity contribution in [2.24, 2.45) is 0 Å². The first-order chi connectivity index (χ1) is 4.41. The van der Waals surface area contributed by atoms with E-state index in [4.69, 9.17) is 4.74 Å². The van der Waals surface area contributed by atoms with Crippen LogP contribution in [0.3, 0.4) is 0 Å². The lowest BCUT2D eigenvalue weighted by Crippen LogP contribution is -2.09. The predicted molar refractivity (Wildman–Crippen MR) is 39.7 cm³/mol. The summed E-state index contributed by atoms with van der Waals surface area (Å²) in [6.07, 6.45) is 1.28. The largest absolute Gasteiger partial charge is 0.381 e. The zero-order valence-electron chi connectivity index (χ0n) is 6.44. The molecule has 0 atom stereocenters. The van der Waals surface area contributed by atoms with Gasteiger partial charge < -0.3 is 10.1 Å². The van der Waals surface area contributed by atoms with Crippen LogP contribution in [0.2, 0.25) is 0 Å². The van der Waals surface area contributed by atoms with Gasteiger partial charge in [0.25, 0.3) is 0 Å². The average molecular weight is 131 g/mol. The number of rotatable bonds is 2. The molecule has 0 saturated carbocycles. The maximum atomic E-state index is 4.72. The Morgan fingerprint density at radius 1 is 1.22 bits per heavy atom. The Labute approximate surface area is 57.6 Å². The van der Waals surface area contributed by atoms with E-state index in [1.165, 1.54) is 6.42 Å². The van der Waals surface area contributed by atoms with Gasteiger partial charge in [0.1, 0.15) is 0 Å². The fourth-order valence-corrected chi connectivity index (χ4v) is 0.394. The van der Waals surface area contributed by atoms with Gasteiger partial charge in [0.15, 0.2) is 0 Å². The van der Waals surface area contributed by atoms with Crippen molar-refractivity contribution in [3.8, 4) is 0 Å². The molecule has 0 aromatic carbocycles. The smallest absolute Gasteiger partial charge is 0.0488 e. The van der Waals surface area contributed by atoms with E-state index in [9.17, 15) is 0 Å². The zero-order chi connectivity index (χ0) is 6.95. The van der Waals surface area contributed by atoms with Crippen LogP contribution in [0.1, 0.15) is 20.3 Å². The van der Waals surface area contributed by atoms with Gasteiger partial charge in [0.2, 0.25) is 0 Å². The summed E-state index contributed by atoms with van der Waals surface area (Å²) in [5.74, 6) is 0. The first-order valence-electron chi connectivity index (χ1n) is 3.70. The highest BCUT2D eigenvalue weighted by atomic mass is 16.5. The summed E-state index contributed by atoms with van der Waals surface area (Å²) in [7, 11) is 0. The summed E-state index contributed by atoms with van der Waals surface area (Å²) in [5.41, 5.74) is 0. The first-order valence-corrected chi connectivity index (χ1v) is 3.70. The highest BCUT2D eigenvalue weighted by Gasteiger charge is 1.94. The standard InChI is InChI=1S/C4H11N.C3H6O/c1-3-5-4-2;1-2-4-3-1/h5H,3-4H2,1-2H3;1-3H2. The van der Waals surface area contributed by atoms with E-state index in [1.807, 2.05) is 0 Å². The Balaban J connectivity index is 0.000000144. The Kier molecular flexibility index (Phi) is 7.85. The van der Waals surface area contributed by atoms with E-state index in [0.717, 1.165) is 26.3 Å². The summed E-state index contributed by atoms with van der Waals surface area (Å²) in [6, 6.07) is 0. The van der Waals surface area contributed by atoms with Gasteiger partial charge in [-0.2, -0.15) is 0 Å². The minimum absolute atomic E-state index is 1.00. The van der Waals surface area contributed by atoms with Gasteiger partial charge in [-0.05, 0) is 19.5 Å². The van der Waals surface area contributed by atoms with Crippen LogP contribution in [-0.2, 0) is 4.74 Å². The molecule has 0 aromatic heterocycles. The van der Waals surface area contributed by atoms with Gasteiger partial charge in [-0.15, -0.1) is 0 Å². The number of nitrogens with one attached hydrogen (secondary N) is 1. The van der Waals surface area contributed by atoms with Gasteiger partial charge in [-0.25, -0.2) is 0 Å². The molecule has 0 aliphatic carbocycles. The van der Waals surface area contributed by atoms with Gasteiger partial charge >= 0.3 is 0 Å². The van der Waals surface area contributed by atoms with Crippen LogP contribution < -0.4 is 5.32 Å². The van der Waals surface area contributed by atoms with E-state index < -0.39 is 0 Å². The van der Waals surface area contributed by atoms with E-state index in [1.54, 1.807) is 0 Å². The molecule has 1 aliphatic heterocycles. The summed E-state index contributed by atoms with van der Waals surface area (Å²) >= 11 is 0. The van der Waals surface area contributed by atoms with Crippen LogP contribution in [0, 0.1) is 0 Å². The van der Waals surface area contributed by atoms with Gasteiger partial charge in [0, 0.05) is 13.2 Å². The summed E-state index contributed by atoms with van der Waals surface area (Å²) in [5, 5.41) is 3.11. The third kappa shape index (κ3) is 7.92. The Morgan fingerprint density at radius 2 is 1.56 bits per heavy atom. The van der Waals surface area contributed by atoms with Crippen LogP contribution in [0.25, 0.3) is 0 Å². The lowest BCUT2D eigenvalue weighted by Gasteiger charge is -2.09. The highest BCUT2D eigenvalue weighted by Crippen LogP contribution is 1.93. The molecule has 56 valence electrons. The predicted octanol–water partition coefficient (Wildman–Crippen LogP) is 1.02. The minimum Gasteiger partial charge on any atom is -0.381 e. The van der Waals surface area contributed by atoms with E-state index >= 15 is 0 Å². The van der Waals surface area contributed by atoms with Crippen molar-refractivity contribution in [3.63, 3.8) is 0 Å². The zero-order valence-corrected chi connectivity index (χ0v) is 6.44. The molecule has 0 aromatic rings. The molecule has 0 amide bonds. The summed E-state index contributed by atoms with van der Waals surface area (Å²) in [6.45, 7) is 8.39. The van der Waals surface area contributed by atoms with Crippen molar-refractivity contribution in [1.29, 1.82) is 0 Å². The van der Waals surface area contributed by atoms with Crippen LogP contribution in [0.5, 0.6) is 0 Å². The van der Waals surface area contributed by atoms with Crippen LogP contribution >= 0.6 is 0 Å². The number of hydrogen-bond donors (Lipinski definition) is 1. The van der Waals surface area contributed by atoms with Crippen LogP contribution in [0.4, 0.5) is 0 Å². The van der Waals surface area contributed by atoms with Gasteiger partial charge in [0.05, 0.1) is 0 Å². The molecular formula is C7H17NO. The minimum atomic E-state index is 1.00. The lowest BCUT2D eigenvalue weighted by atomic mass is 10.4. The molecule has 0 unspecified atom stereocenters. The van der Waals surface area contributed by atoms with Gasteiger partial charge in [-0.1, -0.05) is 13.8 Å². The summed E-state index contributed by atoms with van der Waals surface area (Å²) in [4.78, 5) is 0. The average Bonchev–Trinajstić information content (AvgIpc) is 1.63. The normalized spacial score (nSPS) is 15.3. The van der Waals surface area contributed by atoms with Crippen molar-refractivity contribution in [2.75, 3.05) is 26.3 Å². The lowest BCUT2D eigenvalue weighted by molar-refractivity contribution is 0.0367. The molecule has 2 heteroatoms. The molecule has 1 N–H and O–H groups in total. The van der Waals surface area contributed by atoms with E-state index in [2.05, 4.69) is 19.2 Å². The van der Waals surface area contributed by atoms with Crippen molar-refractivity contribution >= 4 is 0 Å². The molecule has 1 saturated heterocycles. The first kappa shape index (κ1) is 8.92. The van der Waals surface area contributed by atoms with Crippen molar-refractivity contribution in [3.05, 3.63) is 0 Å². The summed E-state index contributed by atoms with van der Waals surface area (Å²) < 4.78 is 4.72. The Hall–Kier alpha value is -0.0800. The van der Waals surface area contributed by atoms with E-state index in [0.29, 0.717) is 0 Å². The van der Waals surface area contributed by atoms with Crippen LogP contribution in [0.15, 0.2) is 0 Å². The molecule has 0 radical (unpaired) electrons. The van der Waals surface area contributed by atoms with Crippen LogP contribution in [-0.4, -0.2) is 26.3 Å². The topological polar surface area (TPSA) is 21.3 Å². The third-order valence-corrected chi connectivity index (χ3v) is 1.08. The maximum Gasteiger partial charge on any atom is 0.0488 e. The number of hydrogen-bond acceptors (Lipinski definition) is 2. The van der Waals surface area contributed by atoms with Crippen molar-refractivity contribution < 1.29 is 4.74 Å². The van der Waals surface area contributed by atoms with Crippen molar-refractivity contribution in [1.82, 2.24) is 5.32 Å². The second-order valence-electron chi connectivity index (χ2n) is 1.92. The van der Waals surface area contributed by atoms with E-state index in [-0.39, 0.29) is 0 Å². The molecule has 1 heterocycles. The maximum absolute atomic E-state index is 4.72. The monoisotopic (exact) mass is 131 g/mol. The second-order valence-corrected chi connectivity index (χ2v) is 1.92. The second kappa shape index (κ2) is 7.92. The van der Waals surface area contributed by atoms with Crippen molar-refractivity contribution in [2.45, 2.75) is 20.3 Å². The molecule has 0 bridgehead atoms. The molecule has 1 rings (SSSR count). The number of ether oxygens (including phenoxy) is 1. The molecule has 1 fully saturated rings. The van der Waals surface area contributed by atoms with Gasteiger partial charge in [-0.3, -0.25) is 0 Å². The fourth-order valence-electron chi connectivity index (χ4n) is 0.394. The highest BCUT2D eigenvalue weighted by molar-refractivity contribution is 4.41. The molecule has 1 aliphatic rings. The SMILES string of the molecule is C1COC1.CCNCC. The molecule has 0 spiro atoms. The molecule has 2 nitrogen and oxygen atoms in total. The fraction of sp³-hybridized carbons (Fsp3) is 1.00. The quantitative estimate of drug-likeness (QED) is 0.604. The Morgan fingerprint density at radius 3 is 1.56 bits per heavy atom.